The summed E-state index contributed by atoms with van der Waals surface area (Å²) >= 11 is 0. The third kappa shape index (κ3) is 2.13. The zero-order chi connectivity index (χ0) is 13.1. The highest BCUT2D eigenvalue weighted by Crippen LogP contribution is 2.31. The normalized spacial score (nSPS) is 14.8. The van der Waals surface area contributed by atoms with Crippen LogP contribution in [0.3, 0.4) is 0 Å². The SMILES string of the molecule is COc1cccc(C=C2C(=O)OCOC2=O)c1O. The number of esters is 2. The van der Waals surface area contributed by atoms with Gasteiger partial charge in [-0.25, -0.2) is 9.59 Å². The molecule has 6 nitrogen and oxygen atoms in total. The minimum atomic E-state index is -0.784. The topological polar surface area (TPSA) is 82.1 Å². The summed E-state index contributed by atoms with van der Waals surface area (Å²) in [6, 6.07) is 4.69. The molecule has 0 spiro atoms. The van der Waals surface area contributed by atoms with Crippen molar-refractivity contribution in [2.45, 2.75) is 0 Å². The van der Waals surface area contributed by atoms with Gasteiger partial charge in [-0.15, -0.1) is 0 Å². The van der Waals surface area contributed by atoms with Crippen molar-refractivity contribution in [2.24, 2.45) is 0 Å². The van der Waals surface area contributed by atoms with Crippen molar-refractivity contribution >= 4 is 18.0 Å². The maximum Gasteiger partial charge on any atom is 0.348 e. The van der Waals surface area contributed by atoms with E-state index >= 15 is 0 Å². The summed E-state index contributed by atoms with van der Waals surface area (Å²) in [6.07, 6.45) is 1.20. The van der Waals surface area contributed by atoms with Crippen molar-refractivity contribution in [2.75, 3.05) is 13.9 Å². The number of ether oxygens (including phenoxy) is 3. The van der Waals surface area contributed by atoms with E-state index in [9.17, 15) is 14.7 Å². The van der Waals surface area contributed by atoms with Gasteiger partial charge in [0.1, 0.15) is 5.57 Å². The molecule has 1 aliphatic heterocycles. The molecule has 0 bridgehead atoms. The van der Waals surface area contributed by atoms with Gasteiger partial charge in [-0.1, -0.05) is 12.1 Å². The van der Waals surface area contributed by atoms with Gasteiger partial charge in [0, 0.05) is 5.56 Å². The molecule has 0 saturated carbocycles. The molecule has 1 fully saturated rings. The van der Waals surface area contributed by atoms with E-state index in [0.717, 1.165) is 0 Å². The van der Waals surface area contributed by atoms with E-state index in [-0.39, 0.29) is 29.4 Å². The fourth-order valence-electron chi connectivity index (χ4n) is 1.47. The summed E-state index contributed by atoms with van der Waals surface area (Å²) in [5.74, 6) is -1.50. The number of hydrogen-bond acceptors (Lipinski definition) is 6. The van der Waals surface area contributed by atoms with Crippen molar-refractivity contribution in [1.29, 1.82) is 0 Å². The molecule has 0 atom stereocenters. The lowest BCUT2D eigenvalue weighted by atomic mass is 10.1. The van der Waals surface area contributed by atoms with Crippen molar-refractivity contribution in [3.63, 3.8) is 0 Å². The number of carbonyl (C=O) groups excluding carboxylic acids is 2. The first-order valence-electron chi connectivity index (χ1n) is 5.05. The lowest BCUT2D eigenvalue weighted by molar-refractivity contribution is -0.172. The number of para-hydroxylation sites is 1. The van der Waals surface area contributed by atoms with Crippen LogP contribution >= 0.6 is 0 Å². The van der Waals surface area contributed by atoms with Gasteiger partial charge in [-0.2, -0.15) is 0 Å². The second-order valence-corrected chi connectivity index (χ2v) is 3.44. The lowest BCUT2D eigenvalue weighted by Crippen LogP contribution is -2.26. The van der Waals surface area contributed by atoms with Crippen LogP contribution in [0, 0.1) is 0 Å². The van der Waals surface area contributed by atoms with Gasteiger partial charge in [0.15, 0.2) is 11.5 Å². The van der Waals surface area contributed by atoms with Gasteiger partial charge in [-0.3, -0.25) is 0 Å². The Balaban J connectivity index is 2.43. The Labute approximate surface area is 102 Å². The summed E-state index contributed by atoms with van der Waals surface area (Å²) in [7, 11) is 1.40. The summed E-state index contributed by atoms with van der Waals surface area (Å²) in [5, 5.41) is 9.82. The third-order valence-corrected chi connectivity index (χ3v) is 2.37. The molecule has 94 valence electrons. The van der Waals surface area contributed by atoms with Crippen LogP contribution in [-0.4, -0.2) is 30.9 Å². The number of rotatable bonds is 2. The van der Waals surface area contributed by atoms with E-state index < -0.39 is 11.9 Å². The molecule has 1 aromatic rings. The fraction of sp³-hybridized carbons (Fsp3) is 0.167. The predicted octanol–water partition coefficient (Wildman–Crippen LogP) is 0.842. The number of aromatic hydroxyl groups is 1. The minimum Gasteiger partial charge on any atom is -0.504 e. The van der Waals surface area contributed by atoms with Gasteiger partial charge >= 0.3 is 11.9 Å². The van der Waals surface area contributed by atoms with Crippen LogP contribution in [0.2, 0.25) is 0 Å². The predicted molar refractivity (Wildman–Crippen MR) is 59.7 cm³/mol. The van der Waals surface area contributed by atoms with Gasteiger partial charge in [-0.05, 0) is 12.1 Å². The molecule has 1 N–H and O–H groups in total. The molecule has 0 unspecified atom stereocenters. The van der Waals surface area contributed by atoms with Gasteiger partial charge in [0.2, 0.25) is 6.79 Å². The Morgan fingerprint density at radius 1 is 1.28 bits per heavy atom. The van der Waals surface area contributed by atoms with Crippen LogP contribution in [0.25, 0.3) is 6.08 Å². The second-order valence-electron chi connectivity index (χ2n) is 3.44. The fourth-order valence-corrected chi connectivity index (χ4v) is 1.47. The molecule has 0 aliphatic carbocycles. The first-order chi connectivity index (χ1) is 8.63. The van der Waals surface area contributed by atoms with Gasteiger partial charge in [0.25, 0.3) is 0 Å². The molecule has 1 aliphatic rings. The monoisotopic (exact) mass is 250 g/mol. The molecule has 18 heavy (non-hydrogen) atoms. The van der Waals surface area contributed by atoms with Crippen LogP contribution < -0.4 is 4.74 Å². The third-order valence-electron chi connectivity index (χ3n) is 2.37. The average Bonchev–Trinajstić information content (AvgIpc) is 2.36. The molecule has 1 saturated heterocycles. The number of methoxy groups -OCH3 is 1. The molecular weight excluding hydrogens is 240 g/mol. The second kappa shape index (κ2) is 4.79. The maximum absolute atomic E-state index is 11.4. The van der Waals surface area contributed by atoms with Crippen LogP contribution in [0.4, 0.5) is 0 Å². The van der Waals surface area contributed by atoms with E-state index in [1.165, 1.54) is 19.3 Å². The Bertz CT molecular complexity index is 513. The van der Waals surface area contributed by atoms with Crippen molar-refractivity contribution < 1.29 is 28.9 Å². The summed E-state index contributed by atoms with van der Waals surface area (Å²) < 4.78 is 14.0. The minimum absolute atomic E-state index is 0.168. The number of carbonyl (C=O) groups is 2. The Morgan fingerprint density at radius 3 is 2.56 bits per heavy atom. The van der Waals surface area contributed by atoms with Crippen molar-refractivity contribution in [3.8, 4) is 11.5 Å². The van der Waals surface area contributed by atoms with E-state index in [1.807, 2.05) is 0 Å². The maximum atomic E-state index is 11.4. The number of benzene rings is 1. The Morgan fingerprint density at radius 2 is 1.94 bits per heavy atom. The van der Waals surface area contributed by atoms with Gasteiger partial charge in [0.05, 0.1) is 7.11 Å². The number of cyclic esters (lactones) is 2. The zero-order valence-corrected chi connectivity index (χ0v) is 9.50. The molecular formula is C12H10O6. The Kier molecular flexibility index (Phi) is 3.18. The van der Waals surface area contributed by atoms with Crippen LogP contribution in [-0.2, 0) is 19.1 Å². The first-order valence-corrected chi connectivity index (χ1v) is 5.05. The molecule has 0 aromatic heterocycles. The first kappa shape index (κ1) is 12.0. The Hall–Kier alpha value is -2.50. The smallest absolute Gasteiger partial charge is 0.348 e. The molecule has 1 aromatic carbocycles. The quantitative estimate of drug-likeness (QED) is 0.476. The summed E-state index contributed by atoms with van der Waals surface area (Å²) in [4.78, 5) is 22.7. The van der Waals surface area contributed by atoms with Crippen LogP contribution in [0.5, 0.6) is 11.5 Å². The highest BCUT2D eigenvalue weighted by atomic mass is 16.7. The van der Waals surface area contributed by atoms with E-state index in [0.29, 0.717) is 0 Å². The highest BCUT2D eigenvalue weighted by Gasteiger charge is 2.27. The molecule has 0 radical (unpaired) electrons. The highest BCUT2D eigenvalue weighted by molar-refractivity contribution is 6.18. The zero-order valence-electron chi connectivity index (χ0n) is 9.50. The number of phenolic OH excluding ortho intramolecular Hbond substituents is 1. The average molecular weight is 250 g/mol. The molecule has 6 heteroatoms. The molecule has 2 rings (SSSR count). The van der Waals surface area contributed by atoms with Crippen molar-refractivity contribution in [1.82, 2.24) is 0 Å². The summed E-state index contributed by atoms with van der Waals surface area (Å²) in [5.41, 5.74) is -0.00930. The van der Waals surface area contributed by atoms with Crippen molar-refractivity contribution in [3.05, 3.63) is 29.3 Å². The molecule has 1 heterocycles. The standard InChI is InChI=1S/C12H10O6/c1-16-9-4-2-3-7(10(9)13)5-8-11(14)17-6-18-12(8)15/h2-5,13H,6H2,1H3. The van der Waals surface area contributed by atoms with E-state index in [1.54, 1.807) is 12.1 Å². The van der Waals surface area contributed by atoms with E-state index in [2.05, 4.69) is 9.47 Å². The number of hydrogen-bond donors (Lipinski definition) is 1. The summed E-state index contributed by atoms with van der Waals surface area (Å²) in [6.45, 7) is -0.390. The lowest BCUT2D eigenvalue weighted by Gasteiger charge is -2.14. The van der Waals surface area contributed by atoms with E-state index in [4.69, 9.17) is 4.74 Å². The van der Waals surface area contributed by atoms with Crippen LogP contribution in [0.1, 0.15) is 5.56 Å². The number of phenols is 1. The van der Waals surface area contributed by atoms with Crippen LogP contribution in [0.15, 0.2) is 23.8 Å². The molecule has 0 amide bonds. The largest absolute Gasteiger partial charge is 0.504 e. The van der Waals surface area contributed by atoms with Gasteiger partial charge < -0.3 is 19.3 Å².